The van der Waals surface area contributed by atoms with Crippen LogP contribution in [0.25, 0.3) is 0 Å². The Labute approximate surface area is 113 Å². The second-order valence-electron chi connectivity index (χ2n) is 3.62. The van der Waals surface area contributed by atoms with E-state index in [1.54, 1.807) is 6.92 Å². The summed E-state index contributed by atoms with van der Waals surface area (Å²) >= 11 is 5.94. The van der Waals surface area contributed by atoms with Crippen LogP contribution in [0.2, 0.25) is 5.02 Å². The highest BCUT2D eigenvalue weighted by molar-refractivity contribution is 6.31. The smallest absolute Gasteiger partial charge is 0.378 e. The lowest BCUT2D eigenvalue weighted by Crippen LogP contribution is -2.15. The summed E-state index contributed by atoms with van der Waals surface area (Å²) in [6.07, 6.45) is 0. The molecule has 0 aliphatic heterocycles. The summed E-state index contributed by atoms with van der Waals surface area (Å²) in [4.78, 5) is 11.6. The zero-order chi connectivity index (χ0) is 13.8. The van der Waals surface area contributed by atoms with E-state index in [4.69, 9.17) is 16.3 Å². The van der Waals surface area contributed by atoms with Gasteiger partial charge in [-0.15, -0.1) is 5.10 Å². The summed E-state index contributed by atoms with van der Waals surface area (Å²) in [5.41, 5.74) is 0.472. The van der Waals surface area contributed by atoms with Gasteiger partial charge in [-0.1, -0.05) is 11.6 Å². The molecule has 0 saturated carbocycles. The molecule has 2 aromatic rings. The number of aromatic nitrogens is 4. The van der Waals surface area contributed by atoms with Crippen LogP contribution in [-0.2, 0) is 11.3 Å². The molecule has 1 heterocycles. The molecule has 2 rings (SSSR count). The summed E-state index contributed by atoms with van der Waals surface area (Å²) in [6, 6.07) is 3.94. The fourth-order valence-electron chi connectivity index (χ4n) is 1.48. The van der Waals surface area contributed by atoms with Crippen LogP contribution in [0.4, 0.5) is 4.39 Å². The number of rotatable bonds is 4. The van der Waals surface area contributed by atoms with Crippen LogP contribution in [-0.4, -0.2) is 32.8 Å². The molecule has 0 unspecified atom stereocenters. The Morgan fingerprint density at radius 1 is 1.53 bits per heavy atom. The molecule has 0 saturated heterocycles. The van der Waals surface area contributed by atoms with Crippen LogP contribution in [0, 0.1) is 5.82 Å². The summed E-state index contributed by atoms with van der Waals surface area (Å²) in [5, 5.41) is 11.0. The Bertz CT molecular complexity index is 602. The van der Waals surface area contributed by atoms with Gasteiger partial charge in [-0.3, -0.25) is 0 Å². The zero-order valence-corrected chi connectivity index (χ0v) is 10.8. The van der Waals surface area contributed by atoms with Gasteiger partial charge in [-0.05, 0) is 41.1 Å². The van der Waals surface area contributed by atoms with Gasteiger partial charge in [-0.2, -0.15) is 0 Å². The first-order chi connectivity index (χ1) is 9.11. The van der Waals surface area contributed by atoms with E-state index >= 15 is 0 Å². The van der Waals surface area contributed by atoms with Crippen molar-refractivity contribution in [2.45, 2.75) is 13.5 Å². The number of carbonyl (C=O) groups excluding carboxylic acids is 1. The first-order valence-electron chi connectivity index (χ1n) is 5.49. The van der Waals surface area contributed by atoms with Gasteiger partial charge in [0.25, 0.3) is 5.82 Å². The fourth-order valence-corrected chi connectivity index (χ4v) is 1.66. The number of tetrazole rings is 1. The third-order valence-electron chi connectivity index (χ3n) is 2.32. The Morgan fingerprint density at radius 2 is 2.32 bits per heavy atom. The lowest BCUT2D eigenvalue weighted by Gasteiger charge is -2.06. The highest BCUT2D eigenvalue weighted by Crippen LogP contribution is 2.18. The van der Waals surface area contributed by atoms with Crippen molar-refractivity contribution in [3.05, 3.63) is 40.4 Å². The standard InChI is InChI=1S/C11H10ClFN4O2/c1-2-19-11(18)10-14-15-16-17(10)6-7-5-8(13)3-4-9(7)12/h3-5H,2,6H2,1H3. The Morgan fingerprint density at radius 3 is 3.05 bits per heavy atom. The largest absolute Gasteiger partial charge is 0.460 e. The molecule has 0 fully saturated rings. The Kier molecular flexibility index (Phi) is 4.06. The number of carbonyl (C=O) groups is 1. The van der Waals surface area contributed by atoms with E-state index in [0.29, 0.717) is 10.6 Å². The number of halogens is 2. The average molecular weight is 285 g/mol. The molecule has 0 atom stereocenters. The minimum Gasteiger partial charge on any atom is -0.460 e. The van der Waals surface area contributed by atoms with Crippen molar-refractivity contribution in [1.29, 1.82) is 0 Å². The third-order valence-corrected chi connectivity index (χ3v) is 2.69. The minimum absolute atomic E-state index is 0.0535. The molecule has 0 N–H and O–H groups in total. The maximum Gasteiger partial charge on any atom is 0.378 e. The second-order valence-corrected chi connectivity index (χ2v) is 4.02. The van der Waals surface area contributed by atoms with Gasteiger partial charge in [-0.25, -0.2) is 13.9 Å². The summed E-state index contributed by atoms with van der Waals surface area (Å²) in [6.45, 7) is 1.97. The SMILES string of the molecule is CCOC(=O)c1nnnn1Cc1cc(F)ccc1Cl. The van der Waals surface area contributed by atoms with Crippen molar-refractivity contribution in [1.82, 2.24) is 20.2 Å². The van der Waals surface area contributed by atoms with Crippen LogP contribution in [0.5, 0.6) is 0 Å². The summed E-state index contributed by atoms with van der Waals surface area (Å²) in [7, 11) is 0. The van der Waals surface area contributed by atoms with Gasteiger partial charge in [0, 0.05) is 5.02 Å². The molecule has 1 aromatic heterocycles. The molecule has 8 heteroatoms. The Hall–Kier alpha value is -2.02. The second kappa shape index (κ2) is 5.75. The molecule has 0 aliphatic rings. The third kappa shape index (κ3) is 3.05. The highest BCUT2D eigenvalue weighted by atomic mass is 35.5. The van der Waals surface area contributed by atoms with Crippen molar-refractivity contribution in [3.8, 4) is 0 Å². The maximum absolute atomic E-state index is 13.1. The molecular weight excluding hydrogens is 275 g/mol. The lowest BCUT2D eigenvalue weighted by molar-refractivity contribution is 0.0505. The van der Waals surface area contributed by atoms with Crippen molar-refractivity contribution < 1.29 is 13.9 Å². The molecule has 0 radical (unpaired) electrons. The van der Waals surface area contributed by atoms with Gasteiger partial charge in [0.15, 0.2) is 0 Å². The first-order valence-corrected chi connectivity index (χ1v) is 5.86. The number of ether oxygens (including phenoxy) is 1. The van der Waals surface area contributed by atoms with Crippen LogP contribution in [0.1, 0.15) is 23.1 Å². The monoisotopic (exact) mass is 284 g/mol. The maximum atomic E-state index is 13.1. The van der Waals surface area contributed by atoms with E-state index in [1.165, 1.54) is 22.9 Å². The molecule has 0 spiro atoms. The highest BCUT2D eigenvalue weighted by Gasteiger charge is 2.17. The Balaban J connectivity index is 2.26. The van der Waals surface area contributed by atoms with Crippen molar-refractivity contribution >= 4 is 17.6 Å². The molecular formula is C11H10ClFN4O2. The topological polar surface area (TPSA) is 69.9 Å². The van der Waals surface area contributed by atoms with Gasteiger partial charge in [0.1, 0.15) is 5.82 Å². The van der Waals surface area contributed by atoms with E-state index < -0.39 is 11.8 Å². The number of benzene rings is 1. The van der Waals surface area contributed by atoms with Gasteiger partial charge < -0.3 is 4.74 Å². The molecule has 19 heavy (non-hydrogen) atoms. The lowest BCUT2D eigenvalue weighted by atomic mass is 10.2. The average Bonchev–Trinajstić information content (AvgIpc) is 2.82. The molecule has 100 valence electrons. The molecule has 6 nitrogen and oxygen atoms in total. The van der Waals surface area contributed by atoms with E-state index in [2.05, 4.69) is 15.5 Å². The predicted molar refractivity (Wildman–Crippen MR) is 64.3 cm³/mol. The number of hydrogen-bond acceptors (Lipinski definition) is 5. The van der Waals surface area contributed by atoms with E-state index in [9.17, 15) is 9.18 Å². The van der Waals surface area contributed by atoms with Crippen LogP contribution >= 0.6 is 11.6 Å². The van der Waals surface area contributed by atoms with Crippen LogP contribution in [0.15, 0.2) is 18.2 Å². The minimum atomic E-state index is -0.639. The normalized spacial score (nSPS) is 10.5. The quantitative estimate of drug-likeness (QED) is 0.799. The van der Waals surface area contributed by atoms with Crippen LogP contribution in [0.3, 0.4) is 0 Å². The van der Waals surface area contributed by atoms with Gasteiger partial charge >= 0.3 is 5.97 Å². The fraction of sp³-hybridized carbons (Fsp3) is 0.273. The molecule has 0 bridgehead atoms. The number of nitrogens with zero attached hydrogens (tertiary/aromatic N) is 4. The summed E-state index contributed by atoms with van der Waals surface area (Å²) in [5.74, 6) is -1.12. The van der Waals surface area contributed by atoms with Crippen molar-refractivity contribution in [3.63, 3.8) is 0 Å². The number of hydrogen-bond donors (Lipinski definition) is 0. The van der Waals surface area contributed by atoms with E-state index in [0.717, 1.165) is 0 Å². The first kappa shape index (κ1) is 13.4. The molecule has 0 amide bonds. The predicted octanol–water partition coefficient (Wildman–Crippen LogP) is 1.69. The van der Waals surface area contributed by atoms with E-state index in [-0.39, 0.29) is 19.0 Å². The zero-order valence-electron chi connectivity index (χ0n) is 10.0. The number of esters is 1. The molecule has 1 aromatic carbocycles. The van der Waals surface area contributed by atoms with Gasteiger partial charge in [0.05, 0.1) is 13.2 Å². The van der Waals surface area contributed by atoms with Gasteiger partial charge in [0.2, 0.25) is 0 Å². The van der Waals surface area contributed by atoms with E-state index in [1.807, 2.05) is 0 Å². The van der Waals surface area contributed by atoms with Crippen molar-refractivity contribution in [2.75, 3.05) is 6.61 Å². The summed E-state index contributed by atoms with van der Waals surface area (Å²) < 4.78 is 19.2. The van der Waals surface area contributed by atoms with Crippen LogP contribution < -0.4 is 0 Å². The van der Waals surface area contributed by atoms with Crippen molar-refractivity contribution in [2.24, 2.45) is 0 Å². The molecule has 0 aliphatic carbocycles.